The molecule has 5 heteroatoms. The molecule has 2 atom stereocenters. The molecule has 0 radical (unpaired) electrons. The number of nitrogens with one attached hydrogen (secondary N) is 1. The van der Waals surface area contributed by atoms with Gasteiger partial charge in [-0.25, -0.2) is 4.39 Å². The number of benzene rings is 3. The number of amidine groups is 1. The molecule has 1 aliphatic heterocycles. The molecular formula is C21H15Cl2FN2. The van der Waals surface area contributed by atoms with E-state index >= 15 is 0 Å². The molecule has 3 aromatic rings. The third kappa shape index (κ3) is 3.46. The summed E-state index contributed by atoms with van der Waals surface area (Å²) < 4.78 is 13.2. The standard InChI is InChI=1S/C21H15Cl2FN2/c22-16-7-1-13(2-8-16)19-20(14-3-9-17(23)10-4-14)26-21(25-19)15-5-11-18(24)12-6-15/h1-12,19-20H,(H,25,26). The van der Waals surface area contributed by atoms with Crippen molar-refractivity contribution in [3.8, 4) is 0 Å². The van der Waals surface area contributed by atoms with Gasteiger partial charge in [0.15, 0.2) is 0 Å². The normalized spacial score (nSPS) is 19.1. The molecule has 1 heterocycles. The number of rotatable bonds is 3. The number of nitrogens with zero attached hydrogens (tertiary/aromatic N) is 1. The number of hydrogen-bond donors (Lipinski definition) is 1. The summed E-state index contributed by atoms with van der Waals surface area (Å²) in [6, 6.07) is 21.6. The molecule has 26 heavy (non-hydrogen) atoms. The second-order valence-electron chi connectivity index (χ2n) is 6.15. The van der Waals surface area contributed by atoms with E-state index in [4.69, 9.17) is 28.2 Å². The minimum atomic E-state index is -0.268. The van der Waals surface area contributed by atoms with Crippen LogP contribution in [-0.2, 0) is 0 Å². The van der Waals surface area contributed by atoms with Crippen LogP contribution < -0.4 is 5.32 Å². The molecule has 0 fully saturated rings. The Kier molecular flexibility index (Phi) is 4.66. The maximum atomic E-state index is 13.2. The van der Waals surface area contributed by atoms with Gasteiger partial charge in [0.05, 0.1) is 6.04 Å². The van der Waals surface area contributed by atoms with Gasteiger partial charge in [0.2, 0.25) is 0 Å². The molecule has 2 unspecified atom stereocenters. The molecule has 0 amide bonds. The van der Waals surface area contributed by atoms with E-state index in [1.807, 2.05) is 48.5 Å². The predicted octanol–water partition coefficient (Wildman–Crippen LogP) is 5.96. The van der Waals surface area contributed by atoms with Crippen molar-refractivity contribution in [2.24, 2.45) is 4.99 Å². The number of halogens is 3. The van der Waals surface area contributed by atoms with E-state index in [2.05, 4.69) is 5.32 Å². The lowest BCUT2D eigenvalue weighted by Crippen LogP contribution is -2.25. The Morgan fingerprint density at radius 1 is 0.731 bits per heavy atom. The highest BCUT2D eigenvalue weighted by Crippen LogP contribution is 2.37. The van der Waals surface area contributed by atoms with Gasteiger partial charge in [0, 0.05) is 15.6 Å². The van der Waals surface area contributed by atoms with Crippen LogP contribution in [0.5, 0.6) is 0 Å². The summed E-state index contributed by atoms with van der Waals surface area (Å²) >= 11 is 12.1. The van der Waals surface area contributed by atoms with E-state index in [-0.39, 0.29) is 17.9 Å². The lowest BCUT2D eigenvalue weighted by Gasteiger charge is -2.20. The molecule has 130 valence electrons. The van der Waals surface area contributed by atoms with Crippen molar-refractivity contribution in [1.82, 2.24) is 5.32 Å². The SMILES string of the molecule is Fc1ccc(C2=NC(c3ccc(Cl)cc3)C(c3ccc(Cl)cc3)N2)cc1. The molecule has 0 bridgehead atoms. The zero-order valence-corrected chi connectivity index (χ0v) is 15.2. The quantitative estimate of drug-likeness (QED) is 0.591. The van der Waals surface area contributed by atoms with E-state index in [0.717, 1.165) is 22.5 Å². The van der Waals surface area contributed by atoms with Gasteiger partial charge < -0.3 is 5.32 Å². The smallest absolute Gasteiger partial charge is 0.129 e. The molecule has 0 aromatic heterocycles. The summed E-state index contributed by atoms with van der Waals surface area (Å²) in [5, 5.41) is 4.85. The molecule has 0 saturated heterocycles. The Balaban J connectivity index is 1.74. The molecule has 0 aliphatic carbocycles. The molecule has 3 aromatic carbocycles. The fraction of sp³-hybridized carbons (Fsp3) is 0.0952. The van der Waals surface area contributed by atoms with E-state index in [1.165, 1.54) is 12.1 Å². The second-order valence-corrected chi connectivity index (χ2v) is 7.03. The molecule has 4 rings (SSSR count). The van der Waals surface area contributed by atoms with Crippen molar-refractivity contribution in [1.29, 1.82) is 0 Å². The van der Waals surface area contributed by atoms with Crippen LogP contribution in [-0.4, -0.2) is 5.84 Å². The van der Waals surface area contributed by atoms with Crippen molar-refractivity contribution >= 4 is 29.0 Å². The first-order valence-electron chi connectivity index (χ1n) is 8.21. The van der Waals surface area contributed by atoms with Crippen LogP contribution in [0, 0.1) is 5.82 Å². The van der Waals surface area contributed by atoms with Crippen molar-refractivity contribution in [3.05, 3.63) is 105 Å². The summed E-state index contributed by atoms with van der Waals surface area (Å²) in [7, 11) is 0. The third-order valence-corrected chi connectivity index (χ3v) is 4.94. The molecular weight excluding hydrogens is 370 g/mol. The first kappa shape index (κ1) is 17.1. The Morgan fingerprint density at radius 3 is 1.85 bits per heavy atom. The molecule has 0 spiro atoms. The maximum Gasteiger partial charge on any atom is 0.129 e. The van der Waals surface area contributed by atoms with Crippen molar-refractivity contribution in [2.45, 2.75) is 12.1 Å². The number of hydrogen-bond acceptors (Lipinski definition) is 2. The predicted molar refractivity (Wildman–Crippen MR) is 104 cm³/mol. The first-order chi connectivity index (χ1) is 12.6. The van der Waals surface area contributed by atoms with E-state index in [1.54, 1.807) is 12.1 Å². The number of aliphatic imine (C=N–C) groups is 1. The molecule has 1 aliphatic rings. The largest absolute Gasteiger partial charge is 0.361 e. The van der Waals surface area contributed by atoms with Gasteiger partial charge in [-0.15, -0.1) is 0 Å². The van der Waals surface area contributed by atoms with E-state index in [9.17, 15) is 4.39 Å². The topological polar surface area (TPSA) is 24.4 Å². The fourth-order valence-electron chi connectivity index (χ4n) is 3.11. The Hall–Kier alpha value is -2.36. The van der Waals surface area contributed by atoms with Gasteiger partial charge in [0.25, 0.3) is 0 Å². The minimum absolute atomic E-state index is 0.0477. The fourth-order valence-corrected chi connectivity index (χ4v) is 3.36. The Morgan fingerprint density at radius 2 is 1.27 bits per heavy atom. The monoisotopic (exact) mass is 384 g/mol. The average Bonchev–Trinajstić information content (AvgIpc) is 3.09. The first-order valence-corrected chi connectivity index (χ1v) is 8.97. The van der Waals surface area contributed by atoms with Gasteiger partial charge in [0.1, 0.15) is 17.7 Å². The van der Waals surface area contributed by atoms with Crippen LogP contribution in [0.1, 0.15) is 28.8 Å². The van der Waals surface area contributed by atoms with Gasteiger partial charge in [-0.05, 0) is 59.7 Å². The molecule has 0 saturated carbocycles. The third-order valence-electron chi connectivity index (χ3n) is 4.43. The Bertz CT molecular complexity index is 935. The summed E-state index contributed by atoms with van der Waals surface area (Å²) in [5.74, 6) is 0.473. The lowest BCUT2D eigenvalue weighted by atomic mass is 9.95. The summed E-state index contributed by atoms with van der Waals surface area (Å²) in [6.45, 7) is 0. The summed E-state index contributed by atoms with van der Waals surface area (Å²) in [5.41, 5.74) is 2.98. The Labute approximate surface area is 161 Å². The second kappa shape index (κ2) is 7.10. The highest BCUT2D eigenvalue weighted by molar-refractivity contribution is 6.30. The lowest BCUT2D eigenvalue weighted by molar-refractivity contribution is 0.572. The zero-order chi connectivity index (χ0) is 18.1. The van der Waals surface area contributed by atoms with Crippen molar-refractivity contribution in [2.75, 3.05) is 0 Å². The summed E-state index contributed by atoms with van der Waals surface area (Å²) in [4.78, 5) is 4.88. The van der Waals surface area contributed by atoms with Crippen LogP contribution in [0.3, 0.4) is 0 Å². The highest BCUT2D eigenvalue weighted by Gasteiger charge is 2.31. The van der Waals surface area contributed by atoms with Crippen LogP contribution in [0.15, 0.2) is 77.8 Å². The van der Waals surface area contributed by atoms with Gasteiger partial charge >= 0.3 is 0 Å². The zero-order valence-electron chi connectivity index (χ0n) is 13.7. The van der Waals surface area contributed by atoms with Gasteiger partial charge in [-0.2, -0.15) is 0 Å². The highest BCUT2D eigenvalue weighted by atomic mass is 35.5. The van der Waals surface area contributed by atoms with Crippen LogP contribution >= 0.6 is 23.2 Å². The minimum Gasteiger partial charge on any atom is -0.361 e. The van der Waals surface area contributed by atoms with Crippen LogP contribution in [0.2, 0.25) is 10.0 Å². The van der Waals surface area contributed by atoms with Crippen molar-refractivity contribution < 1.29 is 4.39 Å². The molecule has 1 N–H and O–H groups in total. The van der Waals surface area contributed by atoms with E-state index in [0.29, 0.717) is 10.0 Å². The van der Waals surface area contributed by atoms with Gasteiger partial charge in [-0.3, -0.25) is 4.99 Å². The average molecular weight is 385 g/mol. The van der Waals surface area contributed by atoms with E-state index < -0.39 is 0 Å². The van der Waals surface area contributed by atoms with Gasteiger partial charge in [-0.1, -0.05) is 47.5 Å². The summed E-state index contributed by atoms with van der Waals surface area (Å²) in [6.07, 6.45) is 0. The van der Waals surface area contributed by atoms with Crippen LogP contribution in [0.4, 0.5) is 4.39 Å². The van der Waals surface area contributed by atoms with Crippen molar-refractivity contribution in [3.63, 3.8) is 0 Å². The van der Waals surface area contributed by atoms with Crippen LogP contribution in [0.25, 0.3) is 0 Å². The maximum absolute atomic E-state index is 13.2. The molecule has 2 nitrogen and oxygen atoms in total.